The highest BCUT2D eigenvalue weighted by Gasteiger charge is 2.13. The summed E-state index contributed by atoms with van der Waals surface area (Å²) in [6.45, 7) is 0.301. The molecule has 2 rings (SSSR count). The Bertz CT molecular complexity index is 672. The van der Waals surface area contributed by atoms with Gasteiger partial charge in [-0.15, -0.1) is 0 Å². The number of nitrogens with zero attached hydrogens (tertiary/aromatic N) is 1. The number of carbonyl (C=O) groups is 1. The molecule has 1 N–H and O–H groups in total. The van der Waals surface area contributed by atoms with E-state index in [4.69, 9.17) is 28.5 Å². The summed E-state index contributed by atoms with van der Waals surface area (Å²) >= 11 is 11.9. The van der Waals surface area contributed by atoms with Gasteiger partial charge >= 0.3 is 0 Å². The maximum atomic E-state index is 12.1. The van der Waals surface area contributed by atoms with Gasteiger partial charge in [-0.2, -0.15) is 5.26 Å². The molecule has 0 aromatic heterocycles. The third-order valence-corrected chi connectivity index (χ3v) is 3.33. The number of hydrogen-bond acceptors (Lipinski definition) is 2. The van der Waals surface area contributed by atoms with E-state index in [1.165, 1.54) is 0 Å². The molecule has 0 spiro atoms. The highest BCUT2D eigenvalue weighted by molar-refractivity contribution is 6.39. The smallest absolute Gasteiger partial charge is 0.254 e. The van der Waals surface area contributed by atoms with Gasteiger partial charge < -0.3 is 5.32 Å². The molecule has 0 fully saturated rings. The fraction of sp³-hybridized carbons (Fsp3) is 0.0667. The van der Waals surface area contributed by atoms with Crippen LogP contribution in [0.4, 0.5) is 0 Å². The van der Waals surface area contributed by atoms with Crippen LogP contribution in [0.2, 0.25) is 10.0 Å². The minimum absolute atomic E-state index is 0.257. The first kappa shape index (κ1) is 14.4. The Kier molecular flexibility index (Phi) is 4.62. The molecule has 0 heterocycles. The minimum atomic E-state index is -0.344. The Balaban J connectivity index is 2.11. The molecule has 3 nitrogen and oxygen atoms in total. The molecule has 0 aliphatic heterocycles. The normalized spacial score (nSPS) is 9.85. The van der Waals surface area contributed by atoms with E-state index < -0.39 is 0 Å². The monoisotopic (exact) mass is 304 g/mol. The lowest BCUT2D eigenvalue weighted by molar-refractivity contribution is 0.0951. The van der Waals surface area contributed by atoms with Crippen molar-refractivity contribution in [3.05, 3.63) is 69.2 Å². The van der Waals surface area contributed by atoms with Gasteiger partial charge in [0.2, 0.25) is 0 Å². The molecule has 0 saturated heterocycles. The molecule has 0 unspecified atom stereocenters. The van der Waals surface area contributed by atoms with Crippen molar-refractivity contribution < 1.29 is 4.79 Å². The van der Waals surface area contributed by atoms with Crippen molar-refractivity contribution in [3.63, 3.8) is 0 Å². The summed E-state index contributed by atoms with van der Waals surface area (Å²) in [5.41, 5.74) is 1.64. The van der Waals surface area contributed by atoms with Gasteiger partial charge in [-0.3, -0.25) is 4.79 Å². The van der Waals surface area contributed by atoms with E-state index in [9.17, 15) is 4.79 Å². The van der Waals surface area contributed by atoms with Gasteiger partial charge in [0.05, 0.1) is 27.2 Å². The molecule has 0 aliphatic carbocycles. The number of amides is 1. The first-order valence-corrected chi connectivity index (χ1v) is 6.58. The van der Waals surface area contributed by atoms with Crippen LogP contribution in [0.15, 0.2) is 42.5 Å². The third kappa shape index (κ3) is 3.30. The molecular weight excluding hydrogens is 295 g/mol. The lowest BCUT2D eigenvalue weighted by Gasteiger charge is -2.08. The molecule has 1 amide bonds. The van der Waals surface area contributed by atoms with Gasteiger partial charge in [0.25, 0.3) is 5.91 Å². The van der Waals surface area contributed by atoms with Crippen LogP contribution in [0.5, 0.6) is 0 Å². The van der Waals surface area contributed by atoms with E-state index in [2.05, 4.69) is 5.32 Å². The zero-order chi connectivity index (χ0) is 14.5. The van der Waals surface area contributed by atoms with Crippen molar-refractivity contribution in [1.29, 1.82) is 5.26 Å². The Hall–Kier alpha value is -2.02. The largest absolute Gasteiger partial charge is 0.348 e. The van der Waals surface area contributed by atoms with E-state index in [0.717, 1.165) is 5.56 Å². The second-order valence-corrected chi connectivity index (χ2v) is 4.91. The summed E-state index contributed by atoms with van der Waals surface area (Å²) in [7, 11) is 0. The number of hydrogen-bond donors (Lipinski definition) is 1. The third-order valence-electron chi connectivity index (χ3n) is 2.70. The van der Waals surface area contributed by atoms with E-state index in [0.29, 0.717) is 22.2 Å². The summed E-state index contributed by atoms with van der Waals surface area (Å²) in [5.74, 6) is -0.344. The molecule has 0 atom stereocenters. The van der Waals surface area contributed by atoms with Crippen LogP contribution < -0.4 is 5.32 Å². The van der Waals surface area contributed by atoms with Crippen LogP contribution in [0.3, 0.4) is 0 Å². The Labute approximate surface area is 126 Å². The van der Waals surface area contributed by atoms with Gasteiger partial charge in [-0.05, 0) is 29.8 Å². The average molecular weight is 305 g/mol. The summed E-state index contributed by atoms with van der Waals surface area (Å²) in [6.07, 6.45) is 0. The summed E-state index contributed by atoms with van der Waals surface area (Å²) in [6, 6.07) is 14.0. The van der Waals surface area contributed by atoms with Crippen molar-refractivity contribution in [3.8, 4) is 6.07 Å². The summed E-state index contributed by atoms with van der Waals surface area (Å²) < 4.78 is 0. The van der Waals surface area contributed by atoms with E-state index in [-0.39, 0.29) is 11.5 Å². The van der Waals surface area contributed by atoms with Crippen LogP contribution in [-0.2, 0) is 6.54 Å². The highest BCUT2D eigenvalue weighted by Crippen LogP contribution is 2.24. The molecule has 100 valence electrons. The number of rotatable bonds is 3. The molecule has 5 heteroatoms. The van der Waals surface area contributed by atoms with Crippen molar-refractivity contribution >= 4 is 29.1 Å². The molecule has 0 bridgehead atoms. The Morgan fingerprint density at radius 1 is 1.15 bits per heavy atom. The van der Waals surface area contributed by atoms with Crippen molar-refractivity contribution in [1.82, 2.24) is 5.32 Å². The number of nitrogens with one attached hydrogen (secondary N) is 1. The molecule has 2 aromatic carbocycles. The number of nitriles is 1. The Morgan fingerprint density at radius 3 is 2.45 bits per heavy atom. The van der Waals surface area contributed by atoms with E-state index in [1.807, 2.05) is 12.1 Å². The predicted octanol–water partition coefficient (Wildman–Crippen LogP) is 3.80. The van der Waals surface area contributed by atoms with Crippen molar-refractivity contribution in [2.75, 3.05) is 0 Å². The summed E-state index contributed by atoms with van der Waals surface area (Å²) in [4.78, 5) is 12.1. The summed E-state index contributed by atoms with van der Waals surface area (Å²) in [5, 5.41) is 12.2. The van der Waals surface area contributed by atoms with Gasteiger partial charge in [-0.1, -0.05) is 41.4 Å². The molecule has 2 aromatic rings. The van der Waals surface area contributed by atoms with Crippen molar-refractivity contribution in [2.45, 2.75) is 6.54 Å². The quantitative estimate of drug-likeness (QED) is 0.938. The maximum Gasteiger partial charge on any atom is 0.254 e. The fourth-order valence-corrected chi connectivity index (χ4v) is 2.31. The lowest BCUT2D eigenvalue weighted by atomic mass is 10.1. The highest BCUT2D eigenvalue weighted by atomic mass is 35.5. The SMILES string of the molecule is N#Cc1cccc(CNC(=O)c2c(Cl)cccc2Cl)c1. The standard InChI is InChI=1S/C15H10Cl2N2O/c16-12-5-2-6-13(17)14(12)15(20)19-9-11-4-1-3-10(7-11)8-18/h1-7H,9H2,(H,19,20). The van der Waals surface area contributed by atoms with Crippen LogP contribution in [0.1, 0.15) is 21.5 Å². The molecule has 20 heavy (non-hydrogen) atoms. The topological polar surface area (TPSA) is 52.9 Å². The first-order chi connectivity index (χ1) is 9.61. The second kappa shape index (κ2) is 6.42. The number of benzene rings is 2. The van der Waals surface area contributed by atoms with Gasteiger partial charge in [-0.25, -0.2) is 0 Å². The number of carbonyl (C=O) groups excluding carboxylic acids is 1. The molecule has 0 aliphatic rings. The first-order valence-electron chi connectivity index (χ1n) is 5.83. The van der Waals surface area contributed by atoms with Crippen LogP contribution in [0, 0.1) is 11.3 Å². The minimum Gasteiger partial charge on any atom is -0.348 e. The van der Waals surface area contributed by atoms with Crippen LogP contribution in [-0.4, -0.2) is 5.91 Å². The van der Waals surface area contributed by atoms with Crippen LogP contribution in [0.25, 0.3) is 0 Å². The zero-order valence-electron chi connectivity index (χ0n) is 10.4. The van der Waals surface area contributed by atoms with Crippen LogP contribution >= 0.6 is 23.2 Å². The number of halogens is 2. The fourth-order valence-electron chi connectivity index (χ4n) is 1.74. The average Bonchev–Trinajstić information content (AvgIpc) is 2.45. The van der Waals surface area contributed by atoms with Crippen molar-refractivity contribution in [2.24, 2.45) is 0 Å². The van der Waals surface area contributed by atoms with E-state index in [1.54, 1.807) is 36.4 Å². The lowest BCUT2D eigenvalue weighted by Crippen LogP contribution is -2.23. The maximum absolute atomic E-state index is 12.1. The van der Waals surface area contributed by atoms with Gasteiger partial charge in [0, 0.05) is 6.54 Å². The second-order valence-electron chi connectivity index (χ2n) is 4.09. The molecular formula is C15H10Cl2N2O. The molecule has 0 radical (unpaired) electrons. The predicted molar refractivity (Wildman–Crippen MR) is 78.8 cm³/mol. The van der Waals surface area contributed by atoms with E-state index >= 15 is 0 Å². The zero-order valence-corrected chi connectivity index (χ0v) is 11.9. The van der Waals surface area contributed by atoms with Gasteiger partial charge in [0.1, 0.15) is 0 Å². The Morgan fingerprint density at radius 2 is 1.80 bits per heavy atom. The molecule has 0 saturated carbocycles. The van der Waals surface area contributed by atoms with Gasteiger partial charge in [0.15, 0.2) is 0 Å².